The van der Waals surface area contributed by atoms with Gasteiger partial charge in [0.15, 0.2) is 0 Å². The molecule has 0 radical (unpaired) electrons. The van der Waals surface area contributed by atoms with E-state index in [1.807, 2.05) is 37.3 Å². The highest BCUT2D eigenvalue weighted by molar-refractivity contribution is 5.91. The van der Waals surface area contributed by atoms with Crippen LogP contribution in [0.4, 0.5) is 10.5 Å². The number of aromatic nitrogens is 2. The average Bonchev–Trinajstić information content (AvgIpc) is 3.15. The summed E-state index contributed by atoms with van der Waals surface area (Å²) < 4.78 is 1.65. The molecule has 4 atom stereocenters. The number of amides is 3. The standard InChI is InChI=1S/C27H29N5O4/c1-2-12-29-25(34)23-20(16-33)22-15-31-21(11-10-19(26(31)35)17-7-6-13-28-14-17)24(23)32(22)27(36)30-18-8-4-3-5-9-18/h3-11,13-14,20,22-24,33H,2,12,15-16H2,1H3,(H,29,34)(H,30,36)/t20-,22-,23+,24+/m1/s1. The molecule has 1 aromatic carbocycles. The second kappa shape index (κ2) is 9.94. The highest BCUT2D eigenvalue weighted by Gasteiger charge is 2.57. The Morgan fingerprint density at radius 1 is 1.11 bits per heavy atom. The average molecular weight is 488 g/mol. The minimum atomic E-state index is -0.697. The molecule has 5 rings (SSSR count). The second-order valence-corrected chi connectivity index (χ2v) is 9.21. The monoisotopic (exact) mass is 487 g/mol. The third kappa shape index (κ3) is 4.05. The molecular weight excluding hydrogens is 458 g/mol. The molecule has 1 fully saturated rings. The van der Waals surface area contributed by atoms with Crippen LogP contribution in [-0.4, -0.2) is 50.7 Å². The molecular formula is C27H29N5O4. The number of hydrogen-bond donors (Lipinski definition) is 3. The third-order valence-corrected chi connectivity index (χ3v) is 7.13. The zero-order chi connectivity index (χ0) is 25.2. The molecule has 2 aliphatic heterocycles. The lowest BCUT2D eigenvalue weighted by Crippen LogP contribution is -2.50. The minimum absolute atomic E-state index is 0.184. The Morgan fingerprint density at radius 2 is 1.92 bits per heavy atom. The summed E-state index contributed by atoms with van der Waals surface area (Å²) in [6, 6.07) is 14.6. The SMILES string of the molecule is CCCNC(=O)[C@H]1[C@H](CO)[C@H]2Cn3c(ccc(-c4cccnc4)c3=O)[C@@H]1N2C(=O)Nc1ccccc1. The summed E-state index contributed by atoms with van der Waals surface area (Å²) in [4.78, 5) is 46.3. The van der Waals surface area contributed by atoms with Gasteiger partial charge in [-0.3, -0.25) is 14.6 Å². The van der Waals surface area contributed by atoms with Crippen molar-refractivity contribution in [3.05, 3.63) is 83.0 Å². The fraction of sp³-hybridized carbons (Fsp3) is 0.333. The number of pyridine rings is 2. The number of carbonyl (C=O) groups is 2. The highest BCUT2D eigenvalue weighted by Crippen LogP contribution is 2.48. The Bertz CT molecular complexity index is 1310. The molecule has 3 aromatic rings. The number of rotatable bonds is 6. The molecule has 9 nitrogen and oxygen atoms in total. The van der Waals surface area contributed by atoms with Gasteiger partial charge in [-0.25, -0.2) is 4.79 Å². The number of para-hydroxylation sites is 1. The quantitative estimate of drug-likeness (QED) is 0.494. The smallest absolute Gasteiger partial charge is 0.322 e. The van der Waals surface area contributed by atoms with E-state index < -0.39 is 23.9 Å². The predicted molar refractivity (Wildman–Crippen MR) is 135 cm³/mol. The molecule has 9 heteroatoms. The first-order valence-corrected chi connectivity index (χ1v) is 12.2. The van der Waals surface area contributed by atoms with Gasteiger partial charge in [0.1, 0.15) is 0 Å². The molecule has 4 heterocycles. The maximum atomic E-state index is 13.6. The summed E-state index contributed by atoms with van der Waals surface area (Å²) in [5.74, 6) is -1.43. The molecule has 2 bridgehead atoms. The first kappa shape index (κ1) is 23.7. The van der Waals surface area contributed by atoms with Gasteiger partial charge < -0.3 is 25.2 Å². The van der Waals surface area contributed by atoms with Gasteiger partial charge in [0.25, 0.3) is 5.56 Å². The van der Waals surface area contributed by atoms with Crippen molar-refractivity contribution in [3.63, 3.8) is 0 Å². The van der Waals surface area contributed by atoms with Gasteiger partial charge in [-0.05, 0) is 36.8 Å². The summed E-state index contributed by atoms with van der Waals surface area (Å²) in [7, 11) is 0. The summed E-state index contributed by atoms with van der Waals surface area (Å²) in [5.41, 5.74) is 2.21. The molecule has 0 spiro atoms. The Hall–Kier alpha value is -3.98. The maximum Gasteiger partial charge on any atom is 0.322 e. The number of nitrogens with zero attached hydrogens (tertiary/aromatic N) is 3. The lowest BCUT2D eigenvalue weighted by molar-refractivity contribution is -0.127. The molecule has 0 aliphatic carbocycles. The van der Waals surface area contributed by atoms with E-state index in [9.17, 15) is 19.5 Å². The van der Waals surface area contributed by atoms with Crippen molar-refractivity contribution >= 4 is 17.6 Å². The van der Waals surface area contributed by atoms with Gasteiger partial charge in [-0.2, -0.15) is 0 Å². The van der Waals surface area contributed by atoms with Crippen molar-refractivity contribution in [2.75, 3.05) is 18.5 Å². The van der Waals surface area contributed by atoms with E-state index in [2.05, 4.69) is 15.6 Å². The summed E-state index contributed by atoms with van der Waals surface area (Å²) in [6.07, 6.45) is 4.05. The van der Waals surface area contributed by atoms with Crippen molar-refractivity contribution in [3.8, 4) is 11.1 Å². The number of hydrogen-bond acceptors (Lipinski definition) is 5. The largest absolute Gasteiger partial charge is 0.396 e. The van der Waals surface area contributed by atoms with Crippen LogP contribution in [0.5, 0.6) is 0 Å². The second-order valence-electron chi connectivity index (χ2n) is 9.21. The van der Waals surface area contributed by atoms with Crippen LogP contribution in [0.15, 0.2) is 71.8 Å². The Kier molecular flexibility index (Phi) is 6.56. The van der Waals surface area contributed by atoms with Crippen molar-refractivity contribution in [1.29, 1.82) is 0 Å². The van der Waals surface area contributed by atoms with Crippen molar-refractivity contribution in [1.82, 2.24) is 19.8 Å². The van der Waals surface area contributed by atoms with Gasteiger partial charge in [-0.15, -0.1) is 0 Å². The molecule has 1 saturated heterocycles. The minimum Gasteiger partial charge on any atom is -0.396 e. The molecule has 3 N–H and O–H groups in total. The maximum absolute atomic E-state index is 13.6. The van der Waals surface area contributed by atoms with E-state index in [0.29, 0.717) is 29.1 Å². The van der Waals surface area contributed by atoms with Gasteiger partial charge in [-0.1, -0.05) is 31.2 Å². The number of anilines is 1. The van der Waals surface area contributed by atoms with Gasteiger partial charge in [0, 0.05) is 60.5 Å². The molecule has 2 aliphatic rings. The zero-order valence-corrected chi connectivity index (χ0v) is 20.0. The molecule has 186 valence electrons. The molecule has 2 aromatic heterocycles. The summed E-state index contributed by atoms with van der Waals surface area (Å²) in [5, 5.41) is 16.3. The fourth-order valence-electron chi connectivity index (χ4n) is 5.50. The number of urea groups is 1. The van der Waals surface area contributed by atoms with Crippen LogP contribution in [-0.2, 0) is 11.3 Å². The first-order valence-electron chi connectivity index (χ1n) is 12.2. The van der Waals surface area contributed by atoms with E-state index in [0.717, 1.165) is 6.42 Å². The third-order valence-electron chi connectivity index (χ3n) is 7.13. The van der Waals surface area contributed by atoms with E-state index >= 15 is 0 Å². The van der Waals surface area contributed by atoms with E-state index in [1.54, 1.807) is 46.1 Å². The van der Waals surface area contributed by atoms with Crippen LogP contribution < -0.4 is 16.2 Å². The topological polar surface area (TPSA) is 117 Å². The highest BCUT2D eigenvalue weighted by atomic mass is 16.3. The Morgan fingerprint density at radius 3 is 2.61 bits per heavy atom. The first-order chi connectivity index (χ1) is 17.5. The van der Waals surface area contributed by atoms with Crippen LogP contribution >= 0.6 is 0 Å². The molecule has 3 amide bonds. The fourth-order valence-corrected chi connectivity index (χ4v) is 5.50. The van der Waals surface area contributed by atoms with E-state index in [1.165, 1.54) is 0 Å². The van der Waals surface area contributed by atoms with Crippen molar-refractivity contribution < 1.29 is 14.7 Å². The number of benzene rings is 1. The van der Waals surface area contributed by atoms with Crippen LogP contribution in [0.25, 0.3) is 11.1 Å². The van der Waals surface area contributed by atoms with E-state index in [-0.39, 0.29) is 30.6 Å². The lowest BCUT2D eigenvalue weighted by atomic mass is 9.86. The van der Waals surface area contributed by atoms with Crippen LogP contribution in [0, 0.1) is 11.8 Å². The van der Waals surface area contributed by atoms with Crippen LogP contribution in [0.2, 0.25) is 0 Å². The van der Waals surface area contributed by atoms with Crippen molar-refractivity contribution in [2.45, 2.75) is 32.0 Å². The molecule has 36 heavy (non-hydrogen) atoms. The van der Waals surface area contributed by atoms with Crippen LogP contribution in [0.3, 0.4) is 0 Å². The number of carbonyl (C=O) groups excluding carboxylic acids is 2. The lowest BCUT2D eigenvalue weighted by Gasteiger charge is -2.38. The molecule has 0 unspecified atom stereocenters. The Labute approximate surface area is 208 Å². The summed E-state index contributed by atoms with van der Waals surface area (Å²) >= 11 is 0. The van der Waals surface area contributed by atoms with Gasteiger partial charge in [0.2, 0.25) is 5.91 Å². The predicted octanol–water partition coefficient (Wildman–Crippen LogP) is 2.63. The molecule has 0 saturated carbocycles. The zero-order valence-electron chi connectivity index (χ0n) is 20.0. The number of aliphatic hydroxyl groups excluding tert-OH is 1. The van der Waals surface area contributed by atoms with Gasteiger partial charge >= 0.3 is 6.03 Å². The number of fused-ring (bicyclic) bond motifs is 4. The number of nitrogens with one attached hydrogen (secondary N) is 2. The van der Waals surface area contributed by atoms with E-state index in [4.69, 9.17) is 0 Å². The number of aliphatic hydroxyl groups is 1. The van der Waals surface area contributed by atoms with Gasteiger partial charge in [0.05, 0.1) is 18.0 Å². The summed E-state index contributed by atoms with van der Waals surface area (Å²) in [6.45, 7) is 2.36. The van der Waals surface area contributed by atoms with Crippen LogP contribution in [0.1, 0.15) is 25.1 Å². The Balaban J connectivity index is 1.60. The van der Waals surface area contributed by atoms with Crippen molar-refractivity contribution in [2.24, 2.45) is 11.8 Å². The normalized spacial score (nSPS) is 22.1.